The largest absolute Gasteiger partial charge is 0.379 e. The van der Waals surface area contributed by atoms with Gasteiger partial charge in [-0.25, -0.2) is 18.0 Å². The summed E-state index contributed by atoms with van der Waals surface area (Å²) in [6.07, 6.45) is 3.75. The van der Waals surface area contributed by atoms with E-state index in [-0.39, 0.29) is 75.6 Å². The van der Waals surface area contributed by atoms with Crippen LogP contribution in [-0.4, -0.2) is 138 Å². The van der Waals surface area contributed by atoms with Crippen molar-refractivity contribution in [2.45, 2.75) is 95.3 Å². The van der Waals surface area contributed by atoms with Gasteiger partial charge in [-0.05, 0) is 108 Å². The minimum Gasteiger partial charge on any atom is -0.379 e. The highest BCUT2D eigenvalue weighted by atomic mass is 127. The van der Waals surface area contributed by atoms with E-state index in [2.05, 4.69) is 53.1 Å². The second-order valence-corrected chi connectivity index (χ2v) is 26.5. The predicted molar refractivity (Wildman–Crippen MR) is 363 cm³/mol. The molecule has 4 fully saturated rings. The van der Waals surface area contributed by atoms with E-state index in [0.29, 0.717) is 136 Å². The van der Waals surface area contributed by atoms with Gasteiger partial charge in [-0.2, -0.15) is 20.4 Å². The van der Waals surface area contributed by atoms with Crippen LogP contribution in [0.2, 0.25) is 15.1 Å². The zero-order valence-electron chi connectivity index (χ0n) is 52.8. The standard InChI is InChI=1S/C24H19ClFN5O3.C16H15ClFN3O2.C15H14ClFN4O2.C10H12IN3O2.C2H6/c1-28-15-5-2-13(3-6-15)8-21(32)30-10-18-22(24(27)33)23(14-4-7-17(26)16(25)9-14)29-31(18)20-12-34-11-19(20)30;17-10-5-8(1-3-11(10)18)15-14(16(19)22)12-4-2-9-6-23-7-13(9)21(12)20-15;16-8-3-7(1-2-9(8)17)14-13(15(18)22)11-4-19-10-5-23-6-12(10)21(11)20-14;11-9-8(10(12)15)6-2-1-5-3-16-4-7(5)14(6)13-9;1-2/h2-7,9,19-20H,8,10-12H2,(H2,27,33);1,3,5,9,13H,2,4,6-7H2,(H2,19,22);1-3,10,12,19H,4-6H2,(H2,18,22);5,7H,1-4H2,(H2,12,15);1-2H3/t19-,20+;9-,13+;10-,12+;5-,7+;/m1111./s1. The molecule has 8 atom stereocenters. The molecule has 9 N–H and O–H groups in total. The van der Waals surface area contributed by atoms with Gasteiger partial charge in [0.15, 0.2) is 5.69 Å². The topological polar surface area (TPSA) is 317 Å². The van der Waals surface area contributed by atoms with Gasteiger partial charge < -0.3 is 52.1 Å². The number of benzene rings is 4. The first-order chi connectivity index (χ1) is 47.2. The van der Waals surface area contributed by atoms with Crippen LogP contribution in [-0.2, 0) is 56.1 Å². The number of amides is 5. The van der Waals surface area contributed by atoms with E-state index in [1.54, 1.807) is 44.6 Å². The van der Waals surface area contributed by atoms with Crippen molar-refractivity contribution in [3.63, 3.8) is 0 Å². The molecule has 12 heterocycles. The van der Waals surface area contributed by atoms with E-state index in [1.165, 1.54) is 48.5 Å². The third kappa shape index (κ3) is 13.4. The summed E-state index contributed by atoms with van der Waals surface area (Å²) in [5.74, 6) is -2.96. The average Bonchev–Trinajstić information content (AvgIpc) is 1.60. The average molecular weight is 1520 g/mol. The molecule has 31 heteroatoms. The van der Waals surface area contributed by atoms with Gasteiger partial charge in [0.2, 0.25) is 5.91 Å². The Hall–Kier alpha value is -8.25. The smallest absolute Gasteiger partial charge is 0.253 e. The molecule has 98 heavy (non-hydrogen) atoms. The van der Waals surface area contributed by atoms with Crippen LogP contribution in [0.25, 0.3) is 38.6 Å². The zero-order valence-corrected chi connectivity index (χ0v) is 57.3. The molecule has 0 saturated carbocycles. The van der Waals surface area contributed by atoms with Gasteiger partial charge in [0.05, 0.1) is 169 Å². The number of halogens is 7. The zero-order chi connectivity index (χ0) is 69.5. The summed E-state index contributed by atoms with van der Waals surface area (Å²) >= 11 is 19.8. The van der Waals surface area contributed by atoms with Crippen LogP contribution in [0.1, 0.15) is 121 Å². The molecule has 4 saturated heterocycles. The van der Waals surface area contributed by atoms with Crippen LogP contribution in [0.4, 0.5) is 18.9 Å². The van der Waals surface area contributed by atoms with Crippen LogP contribution < -0.4 is 28.3 Å². The number of hydrogen-bond donors (Lipinski definition) is 5. The second-order valence-electron chi connectivity index (χ2n) is 24.3. The number of aromatic nitrogens is 8. The van der Waals surface area contributed by atoms with Crippen molar-refractivity contribution in [1.82, 2.24) is 49.3 Å². The molecule has 8 aliphatic heterocycles. The fourth-order valence-corrected chi connectivity index (χ4v) is 15.3. The number of nitrogens with two attached hydrogens (primary N) is 4. The number of rotatable bonds is 9. The fourth-order valence-electron chi connectivity index (χ4n) is 14.0. The van der Waals surface area contributed by atoms with E-state index in [1.807, 2.05) is 23.2 Å². The van der Waals surface area contributed by atoms with E-state index >= 15 is 0 Å². The normalized spacial score (nSPS) is 21.7. The maximum Gasteiger partial charge on any atom is 0.253 e. The van der Waals surface area contributed by atoms with Crippen LogP contribution in [0.5, 0.6) is 0 Å². The second kappa shape index (κ2) is 29.3. The highest BCUT2D eigenvalue weighted by Crippen LogP contribution is 2.43. The van der Waals surface area contributed by atoms with E-state index in [4.69, 9.17) is 83.3 Å². The van der Waals surface area contributed by atoms with Crippen LogP contribution in [0.15, 0.2) is 78.9 Å². The Bertz CT molecular complexity index is 4370. The van der Waals surface area contributed by atoms with Gasteiger partial charge >= 0.3 is 0 Å². The lowest BCUT2D eigenvalue weighted by molar-refractivity contribution is -0.135. The third-order valence-corrected chi connectivity index (χ3v) is 20.3. The van der Waals surface area contributed by atoms with Crippen molar-refractivity contribution in [1.29, 1.82) is 0 Å². The molecule has 0 radical (unpaired) electrons. The summed E-state index contributed by atoms with van der Waals surface area (Å²) in [7, 11) is 0. The molecule has 0 unspecified atom stereocenters. The van der Waals surface area contributed by atoms with Gasteiger partial charge in [0.25, 0.3) is 23.6 Å². The van der Waals surface area contributed by atoms with Gasteiger partial charge in [-0.1, -0.05) is 72.9 Å². The number of primary amides is 4. The molecule has 512 valence electrons. The van der Waals surface area contributed by atoms with Gasteiger partial charge in [0, 0.05) is 35.1 Å². The van der Waals surface area contributed by atoms with Crippen LogP contribution >= 0.6 is 57.4 Å². The van der Waals surface area contributed by atoms with E-state index < -0.39 is 35.2 Å². The van der Waals surface area contributed by atoms with Crippen molar-refractivity contribution in [3.05, 3.63) is 177 Å². The first-order valence-corrected chi connectivity index (χ1v) is 33.9. The Labute approximate surface area is 588 Å². The molecular formula is C67H66Cl3F3IN15O9. The maximum absolute atomic E-state index is 13.7. The summed E-state index contributed by atoms with van der Waals surface area (Å²) in [6, 6.07) is 19.5. The SMILES string of the molecule is CC.NC(=O)c1c(-c2ccc(F)c(Cl)c2)nn2c1CC[C@@H]1COC[C@@H]12.NC(=O)c1c(-c2ccc(F)c(Cl)c2)nn2c1CN[C@@H]1COC[C@@H]12.NC(=O)c1c(I)nn2c1CC[C@@H]1COC[C@@H]12.[C-]#[N+]c1ccc(CC(=O)N2Cc3c(C(N)=O)c(-c4ccc(F)c(Cl)c4)nn3[C@H]3COC[C@H]32)cc1. The number of nitrogens with zero attached hydrogens (tertiary/aromatic N) is 10. The first kappa shape index (κ1) is 69.6. The number of ether oxygens (including phenoxy) is 4. The number of hydrogen-bond acceptors (Lipinski definition) is 14. The summed E-state index contributed by atoms with van der Waals surface area (Å²) < 4.78 is 70.8. The molecule has 4 aromatic carbocycles. The lowest BCUT2D eigenvalue weighted by Gasteiger charge is -2.37. The highest BCUT2D eigenvalue weighted by molar-refractivity contribution is 14.1. The van der Waals surface area contributed by atoms with Crippen molar-refractivity contribution >= 4 is 92.6 Å². The number of carbonyl (C=O) groups is 5. The molecule has 0 bridgehead atoms. The number of fused-ring (bicyclic) bond motifs is 12. The van der Waals surface area contributed by atoms with Crippen LogP contribution in [0, 0.1) is 39.6 Å². The van der Waals surface area contributed by atoms with Crippen LogP contribution in [0.3, 0.4) is 0 Å². The number of nitrogens with one attached hydrogen (secondary N) is 1. The van der Waals surface area contributed by atoms with E-state index in [0.717, 1.165) is 54.9 Å². The van der Waals surface area contributed by atoms with Crippen molar-refractivity contribution in [3.8, 4) is 33.8 Å². The molecule has 0 aliphatic carbocycles. The summed E-state index contributed by atoms with van der Waals surface area (Å²) in [6.45, 7) is 16.3. The Morgan fingerprint density at radius 1 is 0.541 bits per heavy atom. The Balaban J connectivity index is 0.000000127. The quantitative estimate of drug-likeness (QED) is 0.0664. The van der Waals surface area contributed by atoms with E-state index in [9.17, 15) is 37.1 Å². The van der Waals surface area contributed by atoms with Crippen molar-refractivity contribution < 1.29 is 56.1 Å². The first-order valence-electron chi connectivity index (χ1n) is 31.6. The predicted octanol–water partition coefficient (Wildman–Crippen LogP) is 9.32. The van der Waals surface area contributed by atoms with Gasteiger partial charge in [0.1, 0.15) is 38.2 Å². The lowest BCUT2D eigenvalue weighted by atomic mass is 9.91. The summed E-state index contributed by atoms with van der Waals surface area (Å²) in [5, 5.41) is 21.5. The maximum atomic E-state index is 13.7. The van der Waals surface area contributed by atoms with Gasteiger partial charge in [-0.15, -0.1) is 0 Å². The molecule has 5 amide bonds. The van der Waals surface area contributed by atoms with Crippen molar-refractivity contribution in [2.24, 2.45) is 34.8 Å². The Kier molecular flexibility index (Phi) is 20.8. The fraction of sp³-hybridized carbons (Fsp3) is 0.373. The molecule has 16 rings (SSSR count). The minimum absolute atomic E-state index is 0.00836. The third-order valence-electron chi connectivity index (χ3n) is 18.7. The number of carbonyl (C=O) groups excluding carboxylic acids is 5. The highest BCUT2D eigenvalue weighted by Gasteiger charge is 2.46. The molecule has 24 nitrogen and oxygen atoms in total. The Morgan fingerprint density at radius 3 is 1.44 bits per heavy atom. The summed E-state index contributed by atoms with van der Waals surface area (Å²) in [5.41, 5.74) is 30.9. The Morgan fingerprint density at radius 2 is 0.949 bits per heavy atom. The molecule has 8 aliphatic rings. The van der Waals surface area contributed by atoms with Gasteiger partial charge in [-0.3, -0.25) is 42.7 Å². The monoisotopic (exact) mass is 1510 g/mol. The summed E-state index contributed by atoms with van der Waals surface area (Å²) in [4.78, 5) is 66.2. The minimum atomic E-state index is -0.698. The lowest BCUT2D eigenvalue weighted by Crippen LogP contribution is -2.49. The van der Waals surface area contributed by atoms with Crippen molar-refractivity contribution in [2.75, 3.05) is 52.9 Å². The molecular weight excluding hydrogens is 1450 g/mol. The molecule has 8 aromatic rings. The molecule has 4 aromatic heterocycles. The molecule has 0 spiro atoms.